The summed E-state index contributed by atoms with van der Waals surface area (Å²) in [5.41, 5.74) is 5.29. The molecule has 114 valence electrons. The van der Waals surface area contributed by atoms with Crippen LogP contribution in [0.4, 0.5) is 0 Å². The van der Waals surface area contributed by atoms with Gasteiger partial charge in [-0.05, 0) is 70.1 Å². The summed E-state index contributed by atoms with van der Waals surface area (Å²) in [7, 11) is 0. The van der Waals surface area contributed by atoms with E-state index in [4.69, 9.17) is 10.5 Å². The van der Waals surface area contributed by atoms with Crippen molar-refractivity contribution in [2.24, 2.45) is 23.5 Å². The Kier molecular flexibility index (Phi) is 3.57. The molecule has 4 heteroatoms. The number of amides is 1. The zero-order chi connectivity index (χ0) is 14.4. The minimum absolute atomic E-state index is 0.0356. The zero-order valence-electron chi connectivity index (χ0n) is 12.8. The van der Waals surface area contributed by atoms with Crippen molar-refractivity contribution in [3.8, 4) is 0 Å². The maximum atomic E-state index is 12.2. The number of rotatable bonds is 5. The molecule has 4 aliphatic rings. The van der Waals surface area contributed by atoms with Crippen LogP contribution in [0.25, 0.3) is 0 Å². The molecular weight excluding hydrogens is 252 g/mol. The highest BCUT2D eigenvalue weighted by molar-refractivity contribution is 5.78. The summed E-state index contributed by atoms with van der Waals surface area (Å²) >= 11 is 0. The molecule has 0 aromatic carbocycles. The summed E-state index contributed by atoms with van der Waals surface area (Å²) in [6.07, 6.45) is 7.74. The van der Waals surface area contributed by atoms with E-state index in [0.717, 1.165) is 17.8 Å². The predicted octanol–water partition coefficient (Wildman–Crippen LogP) is 1.83. The molecule has 4 nitrogen and oxygen atoms in total. The Morgan fingerprint density at radius 2 is 1.70 bits per heavy atom. The lowest BCUT2D eigenvalue weighted by molar-refractivity contribution is -0.136. The van der Waals surface area contributed by atoms with Crippen LogP contribution in [0, 0.1) is 17.8 Å². The van der Waals surface area contributed by atoms with Gasteiger partial charge in [-0.3, -0.25) is 4.79 Å². The molecule has 0 aliphatic heterocycles. The minimum Gasteiger partial charge on any atom is -0.364 e. The summed E-state index contributed by atoms with van der Waals surface area (Å²) in [5, 5.41) is 3.32. The molecule has 20 heavy (non-hydrogen) atoms. The number of carbonyl (C=O) groups excluding carboxylic acids is 1. The molecule has 0 atom stereocenters. The molecule has 1 amide bonds. The molecule has 4 bridgehead atoms. The van der Waals surface area contributed by atoms with Crippen LogP contribution >= 0.6 is 0 Å². The second-order valence-corrected chi connectivity index (χ2v) is 8.00. The average molecular weight is 280 g/mol. The van der Waals surface area contributed by atoms with Crippen molar-refractivity contribution < 1.29 is 9.53 Å². The van der Waals surface area contributed by atoms with Crippen molar-refractivity contribution in [3.63, 3.8) is 0 Å². The first-order chi connectivity index (χ1) is 9.40. The topological polar surface area (TPSA) is 64.3 Å². The summed E-state index contributed by atoms with van der Waals surface area (Å²) < 4.78 is 5.62. The minimum atomic E-state index is -0.418. The van der Waals surface area contributed by atoms with Crippen LogP contribution in [0.3, 0.4) is 0 Å². The highest BCUT2D eigenvalue weighted by Crippen LogP contribution is 2.55. The molecule has 0 unspecified atom stereocenters. The number of carbonyl (C=O) groups is 1. The lowest BCUT2D eigenvalue weighted by Crippen LogP contribution is -2.60. The highest BCUT2D eigenvalue weighted by atomic mass is 16.5. The van der Waals surface area contributed by atoms with Gasteiger partial charge in [-0.25, -0.2) is 0 Å². The fourth-order valence-corrected chi connectivity index (χ4v) is 4.92. The molecule has 4 rings (SSSR count). The third-order valence-corrected chi connectivity index (χ3v) is 5.53. The molecule has 0 aromatic rings. The van der Waals surface area contributed by atoms with Crippen LogP contribution in [0.2, 0.25) is 0 Å². The Hall–Kier alpha value is -0.610. The Balaban J connectivity index is 1.56. The zero-order valence-corrected chi connectivity index (χ0v) is 12.8. The van der Waals surface area contributed by atoms with E-state index in [2.05, 4.69) is 5.32 Å². The molecule has 0 aromatic heterocycles. The quantitative estimate of drug-likeness (QED) is 0.807. The van der Waals surface area contributed by atoms with E-state index >= 15 is 0 Å². The third kappa shape index (κ3) is 2.86. The molecule has 0 spiro atoms. The number of nitrogens with one attached hydrogen (secondary N) is 1. The second-order valence-electron chi connectivity index (χ2n) is 8.00. The lowest BCUT2D eigenvalue weighted by atomic mass is 9.53. The second kappa shape index (κ2) is 4.99. The molecule has 0 saturated heterocycles. The average Bonchev–Trinajstić information content (AvgIpc) is 2.34. The van der Waals surface area contributed by atoms with Crippen molar-refractivity contribution in [1.29, 1.82) is 0 Å². The highest BCUT2D eigenvalue weighted by Gasteiger charge is 2.51. The maximum absolute atomic E-state index is 12.2. The molecule has 4 saturated carbocycles. The van der Waals surface area contributed by atoms with Crippen molar-refractivity contribution in [2.45, 2.75) is 63.5 Å². The Labute approximate surface area is 121 Å². The van der Waals surface area contributed by atoms with E-state index in [1.165, 1.54) is 38.5 Å². The van der Waals surface area contributed by atoms with E-state index in [-0.39, 0.29) is 18.1 Å². The SMILES string of the molecule is CC(C)(CN)OCC(=O)NC12CC3CC(CC(C3)C1)C2. The summed E-state index contributed by atoms with van der Waals surface area (Å²) in [5.74, 6) is 2.59. The Bertz CT molecular complexity index is 357. The van der Waals surface area contributed by atoms with Gasteiger partial charge in [0.2, 0.25) is 5.91 Å². The van der Waals surface area contributed by atoms with Gasteiger partial charge in [0, 0.05) is 12.1 Å². The van der Waals surface area contributed by atoms with E-state index in [1.54, 1.807) is 0 Å². The van der Waals surface area contributed by atoms with Gasteiger partial charge in [0.1, 0.15) is 6.61 Å². The van der Waals surface area contributed by atoms with Gasteiger partial charge in [0.05, 0.1) is 5.60 Å². The number of hydrogen-bond donors (Lipinski definition) is 2. The monoisotopic (exact) mass is 280 g/mol. The van der Waals surface area contributed by atoms with Gasteiger partial charge in [-0.15, -0.1) is 0 Å². The van der Waals surface area contributed by atoms with E-state index in [1.807, 2.05) is 13.8 Å². The number of ether oxygens (including phenoxy) is 1. The summed E-state index contributed by atoms with van der Waals surface area (Å²) in [6.45, 7) is 4.40. The normalized spacial score (nSPS) is 39.0. The van der Waals surface area contributed by atoms with Crippen LogP contribution in [-0.4, -0.2) is 30.2 Å². The van der Waals surface area contributed by atoms with Gasteiger partial charge in [0.15, 0.2) is 0 Å². The van der Waals surface area contributed by atoms with Crippen molar-refractivity contribution in [1.82, 2.24) is 5.32 Å². The third-order valence-electron chi connectivity index (χ3n) is 5.53. The molecular formula is C16H28N2O2. The van der Waals surface area contributed by atoms with E-state index < -0.39 is 5.60 Å². The van der Waals surface area contributed by atoms with Gasteiger partial charge < -0.3 is 15.8 Å². The van der Waals surface area contributed by atoms with Gasteiger partial charge in [-0.1, -0.05) is 0 Å². The fourth-order valence-electron chi connectivity index (χ4n) is 4.92. The fraction of sp³-hybridized carbons (Fsp3) is 0.938. The van der Waals surface area contributed by atoms with Gasteiger partial charge in [0.25, 0.3) is 0 Å². The molecule has 3 N–H and O–H groups in total. The van der Waals surface area contributed by atoms with E-state index in [9.17, 15) is 4.79 Å². The molecule has 4 fully saturated rings. The molecule has 4 aliphatic carbocycles. The van der Waals surface area contributed by atoms with E-state index in [0.29, 0.717) is 6.54 Å². The first-order valence-corrected chi connectivity index (χ1v) is 8.05. The van der Waals surface area contributed by atoms with Crippen LogP contribution < -0.4 is 11.1 Å². The molecule has 0 radical (unpaired) electrons. The van der Waals surface area contributed by atoms with Crippen molar-refractivity contribution >= 4 is 5.91 Å². The van der Waals surface area contributed by atoms with Crippen molar-refractivity contribution in [2.75, 3.05) is 13.2 Å². The number of nitrogens with two attached hydrogens (primary N) is 1. The predicted molar refractivity (Wildman–Crippen MR) is 78.1 cm³/mol. The van der Waals surface area contributed by atoms with Gasteiger partial charge >= 0.3 is 0 Å². The Morgan fingerprint density at radius 1 is 1.20 bits per heavy atom. The lowest BCUT2D eigenvalue weighted by Gasteiger charge is -2.56. The van der Waals surface area contributed by atoms with Crippen LogP contribution in [0.15, 0.2) is 0 Å². The van der Waals surface area contributed by atoms with Gasteiger partial charge in [-0.2, -0.15) is 0 Å². The smallest absolute Gasteiger partial charge is 0.246 e. The Morgan fingerprint density at radius 3 is 2.15 bits per heavy atom. The van der Waals surface area contributed by atoms with Crippen molar-refractivity contribution in [3.05, 3.63) is 0 Å². The first-order valence-electron chi connectivity index (χ1n) is 8.05. The van der Waals surface area contributed by atoms with Crippen LogP contribution in [0.1, 0.15) is 52.4 Å². The summed E-state index contributed by atoms with van der Waals surface area (Å²) in [6, 6.07) is 0. The first kappa shape index (κ1) is 14.3. The van der Waals surface area contributed by atoms with Crippen LogP contribution in [0.5, 0.6) is 0 Å². The molecule has 0 heterocycles. The largest absolute Gasteiger partial charge is 0.364 e. The van der Waals surface area contributed by atoms with Crippen LogP contribution in [-0.2, 0) is 9.53 Å². The summed E-state index contributed by atoms with van der Waals surface area (Å²) in [4.78, 5) is 12.2. The maximum Gasteiger partial charge on any atom is 0.246 e. The number of hydrogen-bond acceptors (Lipinski definition) is 3. The standard InChI is InChI=1S/C16H28N2O2/c1-15(2,10-17)20-9-14(19)18-16-6-11-3-12(7-16)5-13(4-11)8-16/h11-13H,3-10,17H2,1-2H3,(H,18,19).